The fourth-order valence-electron chi connectivity index (χ4n) is 2.62. The van der Waals surface area contributed by atoms with E-state index in [0.29, 0.717) is 18.9 Å². The van der Waals surface area contributed by atoms with Gasteiger partial charge < -0.3 is 14.8 Å². The molecule has 4 heteroatoms. The zero-order valence-corrected chi connectivity index (χ0v) is 13.9. The summed E-state index contributed by atoms with van der Waals surface area (Å²) < 4.78 is 11.4. The van der Waals surface area contributed by atoms with E-state index in [0.717, 1.165) is 16.9 Å². The monoisotopic (exact) mass is 323 g/mol. The summed E-state index contributed by atoms with van der Waals surface area (Å²) in [5.74, 6) is 1.32. The number of ether oxygens (including phenoxy) is 2. The van der Waals surface area contributed by atoms with Crippen molar-refractivity contribution in [2.45, 2.75) is 20.0 Å². The number of nitrogens with one attached hydrogen (secondary N) is 1. The molecule has 0 radical (unpaired) electrons. The van der Waals surface area contributed by atoms with Crippen LogP contribution in [0.2, 0.25) is 0 Å². The molecular weight excluding hydrogens is 302 g/mol. The fraction of sp³-hybridized carbons (Fsp3) is 0.250. The van der Waals surface area contributed by atoms with Crippen LogP contribution in [-0.4, -0.2) is 25.2 Å². The van der Waals surface area contributed by atoms with Crippen LogP contribution in [0.5, 0.6) is 11.5 Å². The van der Waals surface area contributed by atoms with Crippen LogP contribution in [0.25, 0.3) is 6.08 Å². The molecule has 0 fully saturated rings. The van der Waals surface area contributed by atoms with Crippen LogP contribution in [-0.2, 0) is 4.79 Å². The van der Waals surface area contributed by atoms with E-state index in [4.69, 9.17) is 9.47 Å². The number of aryl methyl sites for hydroxylation is 2. The van der Waals surface area contributed by atoms with Crippen molar-refractivity contribution < 1.29 is 14.3 Å². The summed E-state index contributed by atoms with van der Waals surface area (Å²) >= 11 is 0. The van der Waals surface area contributed by atoms with E-state index in [-0.39, 0.29) is 12.0 Å². The van der Waals surface area contributed by atoms with E-state index in [1.165, 1.54) is 5.56 Å². The topological polar surface area (TPSA) is 47.6 Å². The summed E-state index contributed by atoms with van der Waals surface area (Å²) in [6, 6.07) is 13.7. The summed E-state index contributed by atoms with van der Waals surface area (Å²) in [5.41, 5.74) is 3.41. The first kappa shape index (κ1) is 16.1. The van der Waals surface area contributed by atoms with Crippen molar-refractivity contribution in [1.82, 2.24) is 5.32 Å². The van der Waals surface area contributed by atoms with Gasteiger partial charge in [-0.1, -0.05) is 35.9 Å². The van der Waals surface area contributed by atoms with Gasteiger partial charge in [-0.05, 0) is 43.2 Å². The molecule has 1 N–H and O–H groups in total. The molecule has 0 saturated carbocycles. The number of carbonyl (C=O) groups is 1. The van der Waals surface area contributed by atoms with Gasteiger partial charge in [-0.15, -0.1) is 0 Å². The van der Waals surface area contributed by atoms with Crippen molar-refractivity contribution >= 4 is 12.0 Å². The molecule has 1 aliphatic heterocycles. The van der Waals surface area contributed by atoms with Gasteiger partial charge in [-0.3, -0.25) is 4.79 Å². The van der Waals surface area contributed by atoms with Crippen molar-refractivity contribution in [1.29, 1.82) is 0 Å². The van der Waals surface area contributed by atoms with Crippen LogP contribution in [0.15, 0.2) is 48.5 Å². The van der Waals surface area contributed by atoms with Crippen LogP contribution in [0.1, 0.15) is 16.7 Å². The lowest BCUT2D eigenvalue weighted by molar-refractivity contribution is -0.116. The van der Waals surface area contributed by atoms with Crippen LogP contribution in [0, 0.1) is 13.8 Å². The van der Waals surface area contributed by atoms with Gasteiger partial charge in [0.25, 0.3) is 0 Å². The van der Waals surface area contributed by atoms with Crippen molar-refractivity contribution in [3.63, 3.8) is 0 Å². The molecule has 4 nitrogen and oxygen atoms in total. The van der Waals surface area contributed by atoms with Crippen molar-refractivity contribution in [2.75, 3.05) is 13.2 Å². The Labute approximate surface area is 142 Å². The first-order valence-corrected chi connectivity index (χ1v) is 8.03. The summed E-state index contributed by atoms with van der Waals surface area (Å²) in [6.07, 6.45) is 3.20. The second-order valence-corrected chi connectivity index (χ2v) is 5.94. The third-order valence-corrected chi connectivity index (χ3v) is 3.91. The minimum absolute atomic E-state index is 0.141. The predicted octanol–water partition coefficient (Wildman–Crippen LogP) is 3.27. The Bertz CT molecular complexity index is 767. The fourth-order valence-corrected chi connectivity index (χ4v) is 2.62. The molecule has 24 heavy (non-hydrogen) atoms. The number of para-hydroxylation sites is 2. The highest BCUT2D eigenvalue weighted by Gasteiger charge is 2.20. The molecule has 1 unspecified atom stereocenters. The van der Waals surface area contributed by atoms with Crippen LogP contribution in [0.4, 0.5) is 0 Å². The maximum atomic E-state index is 12.0. The standard InChI is InChI=1S/C20H21NO3/c1-14-7-8-16(15(2)11-14)9-10-20(22)21-12-17-13-23-18-5-3-4-6-19(18)24-17/h3-11,17H,12-13H2,1-2H3,(H,21,22)/b10-9+. The van der Waals surface area contributed by atoms with E-state index in [9.17, 15) is 4.79 Å². The zero-order chi connectivity index (χ0) is 16.9. The zero-order valence-electron chi connectivity index (χ0n) is 13.9. The molecule has 1 heterocycles. The molecule has 0 aliphatic carbocycles. The van der Waals surface area contributed by atoms with Gasteiger partial charge in [-0.2, -0.15) is 0 Å². The SMILES string of the molecule is Cc1ccc(/C=C/C(=O)NCC2COc3ccccc3O2)c(C)c1. The third kappa shape index (κ3) is 3.96. The van der Waals surface area contributed by atoms with Gasteiger partial charge in [0.1, 0.15) is 12.7 Å². The molecule has 3 rings (SSSR count). The predicted molar refractivity (Wildman–Crippen MR) is 94.3 cm³/mol. The minimum Gasteiger partial charge on any atom is -0.486 e. The number of carbonyl (C=O) groups excluding carboxylic acids is 1. The van der Waals surface area contributed by atoms with Gasteiger partial charge in [-0.25, -0.2) is 0 Å². The van der Waals surface area contributed by atoms with Crippen molar-refractivity contribution in [3.8, 4) is 11.5 Å². The second-order valence-electron chi connectivity index (χ2n) is 5.94. The summed E-state index contributed by atoms with van der Waals surface area (Å²) in [7, 11) is 0. The highest BCUT2D eigenvalue weighted by atomic mass is 16.6. The summed E-state index contributed by atoms with van der Waals surface area (Å²) in [6.45, 7) is 4.93. The number of amides is 1. The molecule has 124 valence electrons. The molecule has 0 spiro atoms. The Morgan fingerprint density at radius 2 is 2.00 bits per heavy atom. The third-order valence-electron chi connectivity index (χ3n) is 3.91. The molecule has 1 amide bonds. The maximum absolute atomic E-state index is 12.0. The van der Waals surface area contributed by atoms with Crippen molar-refractivity contribution in [2.24, 2.45) is 0 Å². The molecule has 2 aromatic rings. The average molecular weight is 323 g/mol. The minimum atomic E-state index is -0.182. The number of rotatable bonds is 4. The molecular formula is C20H21NO3. The second kappa shape index (κ2) is 7.21. The molecule has 0 aromatic heterocycles. The number of hydrogen-bond donors (Lipinski definition) is 1. The average Bonchev–Trinajstić information content (AvgIpc) is 2.59. The molecule has 2 aromatic carbocycles. The largest absolute Gasteiger partial charge is 0.486 e. The van der Waals surface area contributed by atoms with Crippen LogP contribution in [0.3, 0.4) is 0 Å². The van der Waals surface area contributed by atoms with Crippen LogP contribution < -0.4 is 14.8 Å². The van der Waals surface area contributed by atoms with Gasteiger partial charge in [0.2, 0.25) is 5.91 Å². The van der Waals surface area contributed by atoms with E-state index in [2.05, 4.69) is 18.3 Å². The van der Waals surface area contributed by atoms with Gasteiger partial charge in [0, 0.05) is 6.08 Å². The Kier molecular flexibility index (Phi) is 4.85. The lowest BCUT2D eigenvalue weighted by Crippen LogP contribution is -2.40. The lowest BCUT2D eigenvalue weighted by Gasteiger charge is -2.26. The molecule has 0 saturated heterocycles. The van der Waals surface area contributed by atoms with Crippen molar-refractivity contribution in [3.05, 3.63) is 65.2 Å². The van der Waals surface area contributed by atoms with E-state index < -0.39 is 0 Å². The first-order chi connectivity index (χ1) is 11.6. The van der Waals surface area contributed by atoms with E-state index in [1.807, 2.05) is 49.4 Å². The summed E-state index contributed by atoms with van der Waals surface area (Å²) in [4.78, 5) is 12.0. The molecule has 1 atom stereocenters. The summed E-state index contributed by atoms with van der Waals surface area (Å²) in [5, 5.41) is 2.85. The van der Waals surface area contributed by atoms with E-state index >= 15 is 0 Å². The Morgan fingerprint density at radius 1 is 1.21 bits per heavy atom. The number of benzene rings is 2. The first-order valence-electron chi connectivity index (χ1n) is 8.03. The highest BCUT2D eigenvalue weighted by molar-refractivity contribution is 5.91. The Balaban J connectivity index is 1.52. The van der Waals surface area contributed by atoms with Gasteiger partial charge in [0.15, 0.2) is 11.5 Å². The number of hydrogen-bond acceptors (Lipinski definition) is 3. The number of fused-ring (bicyclic) bond motifs is 1. The smallest absolute Gasteiger partial charge is 0.244 e. The highest BCUT2D eigenvalue weighted by Crippen LogP contribution is 2.30. The molecule has 1 aliphatic rings. The van der Waals surface area contributed by atoms with Gasteiger partial charge in [0.05, 0.1) is 6.54 Å². The normalized spacial score (nSPS) is 16.2. The quantitative estimate of drug-likeness (QED) is 0.879. The van der Waals surface area contributed by atoms with Crippen LogP contribution >= 0.6 is 0 Å². The van der Waals surface area contributed by atoms with Gasteiger partial charge >= 0.3 is 0 Å². The van der Waals surface area contributed by atoms with E-state index in [1.54, 1.807) is 6.08 Å². The molecule has 0 bridgehead atoms. The Morgan fingerprint density at radius 3 is 2.79 bits per heavy atom. The maximum Gasteiger partial charge on any atom is 0.244 e. The Hall–Kier alpha value is -2.75. The lowest BCUT2D eigenvalue weighted by atomic mass is 10.1.